The van der Waals surface area contributed by atoms with Crippen molar-refractivity contribution in [2.75, 3.05) is 10.3 Å². The van der Waals surface area contributed by atoms with Crippen molar-refractivity contribution >= 4 is 66.2 Å². The van der Waals surface area contributed by atoms with Crippen LogP contribution in [0.4, 0.5) is 11.4 Å². The van der Waals surface area contributed by atoms with E-state index in [-0.39, 0.29) is 0 Å². The second-order valence-electron chi connectivity index (χ2n) is 5.44. The molecule has 0 atom stereocenters. The monoisotopic (exact) mass is 463 g/mol. The number of aryl methyl sites for hydroxylation is 1. The van der Waals surface area contributed by atoms with Crippen molar-refractivity contribution in [1.82, 2.24) is 0 Å². The minimum absolute atomic E-state index is 0.686. The SMILES string of the molecule is CC1=NN(c2ccccc2)C(=S)/C1=C/Nc1c(Br)cc(C)cc1Br. The number of benzene rings is 2. The van der Waals surface area contributed by atoms with Gasteiger partial charge in [0.1, 0.15) is 4.99 Å². The molecule has 0 aliphatic carbocycles. The quantitative estimate of drug-likeness (QED) is 0.443. The molecule has 2 aromatic carbocycles. The van der Waals surface area contributed by atoms with Gasteiger partial charge in [-0.25, -0.2) is 5.01 Å². The van der Waals surface area contributed by atoms with Crippen molar-refractivity contribution < 1.29 is 0 Å². The number of thiocarbonyl (C=S) groups is 1. The lowest BCUT2D eigenvalue weighted by atomic mass is 10.2. The maximum Gasteiger partial charge on any atom is 0.138 e. The maximum atomic E-state index is 5.60. The Morgan fingerprint density at radius 3 is 2.33 bits per heavy atom. The van der Waals surface area contributed by atoms with Gasteiger partial charge in [-0.1, -0.05) is 30.4 Å². The molecule has 0 aromatic heterocycles. The third-order valence-electron chi connectivity index (χ3n) is 3.61. The highest BCUT2D eigenvalue weighted by atomic mass is 79.9. The average Bonchev–Trinajstić information content (AvgIpc) is 2.82. The smallest absolute Gasteiger partial charge is 0.138 e. The number of para-hydroxylation sites is 1. The first-order chi connectivity index (χ1) is 11.5. The van der Waals surface area contributed by atoms with E-state index in [1.807, 2.05) is 43.5 Å². The van der Waals surface area contributed by atoms with E-state index in [2.05, 4.69) is 61.3 Å². The van der Waals surface area contributed by atoms with Gasteiger partial charge >= 0.3 is 0 Å². The lowest BCUT2D eigenvalue weighted by Gasteiger charge is -2.14. The Balaban J connectivity index is 1.87. The fourth-order valence-corrected chi connectivity index (χ4v) is 4.41. The van der Waals surface area contributed by atoms with Gasteiger partial charge in [-0.05, 0) is 75.5 Å². The van der Waals surface area contributed by atoms with Gasteiger partial charge in [-0.2, -0.15) is 5.10 Å². The zero-order valence-electron chi connectivity index (χ0n) is 13.2. The summed E-state index contributed by atoms with van der Waals surface area (Å²) in [6.07, 6.45) is 1.91. The highest BCUT2D eigenvalue weighted by Gasteiger charge is 2.24. The van der Waals surface area contributed by atoms with Crippen molar-refractivity contribution in [1.29, 1.82) is 0 Å². The predicted molar refractivity (Wildman–Crippen MR) is 113 cm³/mol. The normalized spacial score (nSPS) is 15.8. The Bertz CT molecular complexity index is 837. The number of nitrogens with zero attached hydrogens (tertiary/aromatic N) is 2. The molecular weight excluding hydrogens is 450 g/mol. The minimum atomic E-state index is 0.686. The Labute approximate surface area is 163 Å². The van der Waals surface area contributed by atoms with Gasteiger partial charge < -0.3 is 5.32 Å². The maximum absolute atomic E-state index is 5.60. The van der Waals surface area contributed by atoms with E-state index in [1.165, 1.54) is 5.56 Å². The molecular formula is C18H15Br2N3S. The van der Waals surface area contributed by atoms with Crippen molar-refractivity contribution in [2.45, 2.75) is 13.8 Å². The van der Waals surface area contributed by atoms with E-state index in [9.17, 15) is 0 Å². The van der Waals surface area contributed by atoms with E-state index in [4.69, 9.17) is 12.2 Å². The summed E-state index contributed by atoms with van der Waals surface area (Å²) in [5.74, 6) is 0. The molecule has 0 unspecified atom stereocenters. The first-order valence-electron chi connectivity index (χ1n) is 7.35. The Kier molecular flexibility index (Phi) is 5.18. The molecule has 0 saturated carbocycles. The summed E-state index contributed by atoms with van der Waals surface area (Å²) in [4.78, 5) is 0.686. The summed E-state index contributed by atoms with van der Waals surface area (Å²) in [7, 11) is 0. The molecule has 2 aromatic rings. The van der Waals surface area contributed by atoms with Crippen LogP contribution in [0.3, 0.4) is 0 Å². The van der Waals surface area contributed by atoms with E-state index in [0.29, 0.717) is 4.99 Å². The molecule has 1 aliphatic heterocycles. The van der Waals surface area contributed by atoms with Crippen LogP contribution in [0.2, 0.25) is 0 Å². The fraction of sp³-hybridized carbons (Fsp3) is 0.111. The zero-order valence-corrected chi connectivity index (χ0v) is 17.2. The fourth-order valence-electron chi connectivity index (χ4n) is 2.41. The number of hydrogen-bond acceptors (Lipinski definition) is 3. The highest BCUT2D eigenvalue weighted by Crippen LogP contribution is 2.33. The summed E-state index contributed by atoms with van der Waals surface area (Å²) in [5, 5.41) is 9.69. The summed E-state index contributed by atoms with van der Waals surface area (Å²) >= 11 is 12.8. The number of rotatable bonds is 3. The second kappa shape index (κ2) is 7.17. The molecule has 0 radical (unpaired) electrons. The first kappa shape index (κ1) is 17.3. The van der Waals surface area contributed by atoms with Crippen molar-refractivity contribution in [3.63, 3.8) is 0 Å². The van der Waals surface area contributed by atoms with Crippen LogP contribution >= 0.6 is 44.1 Å². The van der Waals surface area contributed by atoms with Crippen LogP contribution in [0.15, 0.2) is 68.3 Å². The number of nitrogens with one attached hydrogen (secondary N) is 1. The van der Waals surface area contributed by atoms with Crippen LogP contribution in [0.5, 0.6) is 0 Å². The summed E-state index contributed by atoms with van der Waals surface area (Å²) in [6, 6.07) is 14.0. The van der Waals surface area contributed by atoms with Crippen molar-refractivity contribution in [2.24, 2.45) is 5.10 Å². The standard InChI is InChI=1S/C18H15Br2N3S/c1-11-8-15(19)17(16(20)9-11)21-10-14-12(2)22-23(18(14)24)13-6-4-3-5-7-13/h3-10,21H,1-2H3/b14-10+. The summed E-state index contributed by atoms with van der Waals surface area (Å²) in [5.41, 5.74) is 4.89. The predicted octanol–water partition coefficient (Wildman–Crippen LogP) is 6.04. The Morgan fingerprint density at radius 2 is 1.71 bits per heavy atom. The van der Waals surface area contributed by atoms with Gasteiger partial charge in [0.05, 0.1) is 22.7 Å². The number of hydrogen-bond donors (Lipinski definition) is 1. The molecule has 1 N–H and O–H groups in total. The van der Waals surface area contributed by atoms with Crippen LogP contribution in [0.25, 0.3) is 0 Å². The van der Waals surface area contributed by atoms with Gasteiger partial charge in [0.25, 0.3) is 0 Å². The molecule has 122 valence electrons. The van der Waals surface area contributed by atoms with Crippen molar-refractivity contribution in [3.8, 4) is 0 Å². The molecule has 0 fully saturated rings. The molecule has 0 bridgehead atoms. The van der Waals surface area contributed by atoms with Gasteiger partial charge in [-0.15, -0.1) is 0 Å². The van der Waals surface area contributed by atoms with Crippen LogP contribution in [-0.4, -0.2) is 10.7 Å². The van der Waals surface area contributed by atoms with Crippen molar-refractivity contribution in [3.05, 3.63) is 68.7 Å². The molecule has 24 heavy (non-hydrogen) atoms. The molecule has 3 rings (SSSR count). The average molecular weight is 465 g/mol. The molecule has 1 heterocycles. The van der Waals surface area contributed by atoms with Crippen LogP contribution in [-0.2, 0) is 0 Å². The van der Waals surface area contributed by atoms with Gasteiger partial charge in [0, 0.05) is 15.1 Å². The number of hydrazone groups is 1. The minimum Gasteiger partial charge on any atom is -0.359 e. The summed E-state index contributed by atoms with van der Waals surface area (Å²) in [6.45, 7) is 4.01. The largest absolute Gasteiger partial charge is 0.359 e. The van der Waals surface area contributed by atoms with E-state index in [0.717, 1.165) is 31.6 Å². The highest BCUT2D eigenvalue weighted by molar-refractivity contribution is 9.11. The lowest BCUT2D eigenvalue weighted by molar-refractivity contribution is 1.17. The molecule has 0 saturated heterocycles. The van der Waals surface area contributed by atoms with Gasteiger partial charge in [-0.3, -0.25) is 0 Å². The molecule has 0 amide bonds. The number of anilines is 2. The topological polar surface area (TPSA) is 27.6 Å². The number of halogens is 2. The first-order valence-corrected chi connectivity index (χ1v) is 9.34. The van der Waals surface area contributed by atoms with E-state index >= 15 is 0 Å². The van der Waals surface area contributed by atoms with E-state index in [1.54, 1.807) is 5.01 Å². The van der Waals surface area contributed by atoms with Crippen LogP contribution in [0.1, 0.15) is 12.5 Å². The van der Waals surface area contributed by atoms with Crippen LogP contribution < -0.4 is 10.3 Å². The third-order valence-corrected chi connectivity index (χ3v) is 5.25. The van der Waals surface area contributed by atoms with Gasteiger partial charge in [0.2, 0.25) is 0 Å². The third kappa shape index (κ3) is 3.45. The Hall–Kier alpha value is -1.50. The zero-order chi connectivity index (χ0) is 17.3. The lowest BCUT2D eigenvalue weighted by Crippen LogP contribution is -2.19. The molecule has 0 spiro atoms. The molecule has 3 nitrogen and oxygen atoms in total. The molecule has 6 heteroatoms. The molecule has 1 aliphatic rings. The second-order valence-corrected chi connectivity index (χ2v) is 7.54. The van der Waals surface area contributed by atoms with E-state index < -0.39 is 0 Å². The van der Waals surface area contributed by atoms with Gasteiger partial charge in [0.15, 0.2) is 0 Å². The van der Waals surface area contributed by atoms with Crippen LogP contribution in [0, 0.1) is 6.92 Å². The Morgan fingerprint density at radius 1 is 1.08 bits per heavy atom. The summed E-state index contributed by atoms with van der Waals surface area (Å²) < 4.78 is 1.98.